The lowest BCUT2D eigenvalue weighted by Gasteiger charge is -2.34. The second-order valence-corrected chi connectivity index (χ2v) is 7.25. The van der Waals surface area contributed by atoms with Crippen molar-refractivity contribution in [2.45, 2.75) is 38.1 Å². The second kappa shape index (κ2) is 9.73. The van der Waals surface area contributed by atoms with Crippen LogP contribution in [0.3, 0.4) is 0 Å². The van der Waals surface area contributed by atoms with Gasteiger partial charge < -0.3 is 10.2 Å². The number of amides is 1. The van der Waals surface area contributed by atoms with E-state index < -0.39 is 0 Å². The van der Waals surface area contributed by atoms with Crippen LogP contribution in [0.25, 0.3) is 6.08 Å². The Balaban J connectivity index is 1.29. The van der Waals surface area contributed by atoms with Crippen LogP contribution in [0.4, 0.5) is 0 Å². The SMILES string of the molecule is O=C(CCN1CCN(C/C=C/c2ccccc2)CC1)NC1CCCC1. The van der Waals surface area contributed by atoms with Crippen LogP contribution in [0.1, 0.15) is 37.7 Å². The van der Waals surface area contributed by atoms with E-state index in [2.05, 4.69) is 51.5 Å². The van der Waals surface area contributed by atoms with Crippen molar-refractivity contribution in [2.75, 3.05) is 39.3 Å². The van der Waals surface area contributed by atoms with Gasteiger partial charge in [0.2, 0.25) is 5.91 Å². The monoisotopic (exact) mass is 341 g/mol. The molecule has 2 aliphatic rings. The van der Waals surface area contributed by atoms with E-state index >= 15 is 0 Å². The minimum atomic E-state index is 0.236. The molecule has 1 N–H and O–H groups in total. The average Bonchev–Trinajstić information content (AvgIpc) is 3.15. The normalized spacial score (nSPS) is 20.3. The Morgan fingerprint density at radius 1 is 1.04 bits per heavy atom. The van der Waals surface area contributed by atoms with Gasteiger partial charge in [-0.05, 0) is 18.4 Å². The lowest BCUT2D eigenvalue weighted by Crippen LogP contribution is -2.47. The van der Waals surface area contributed by atoms with Gasteiger partial charge in [0.25, 0.3) is 0 Å². The Morgan fingerprint density at radius 3 is 2.44 bits per heavy atom. The number of nitrogens with zero attached hydrogens (tertiary/aromatic N) is 2. The zero-order chi connectivity index (χ0) is 17.3. The minimum absolute atomic E-state index is 0.236. The maximum atomic E-state index is 12.0. The highest BCUT2D eigenvalue weighted by molar-refractivity contribution is 5.76. The molecule has 1 aliphatic heterocycles. The zero-order valence-corrected chi connectivity index (χ0v) is 15.2. The number of hydrogen-bond donors (Lipinski definition) is 1. The van der Waals surface area contributed by atoms with Crippen LogP contribution in [-0.2, 0) is 4.79 Å². The maximum Gasteiger partial charge on any atom is 0.221 e. The number of rotatable bonds is 7. The number of piperazine rings is 1. The van der Waals surface area contributed by atoms with Crippen LogP contribution in [0.2, 0.25) is 0 Å². The molecule has 136 valence electrons. The van der Waals surface area contributed by atoms with Crippen molar-refractivity contribution >= 4 is 12.0 Å². The van der Waals surface area contributed by atoms with Crippen molar-refractivity contribution in [3.05, 3.63) is 42.0 Å². The molecule has 4 heteroatoms. The summed E-state index contributed by atoms with van der Waals surface area (Å²) in [4.78, 5) is 16.9. The molecule has 0 unspecified atom stereocenters. The molecule has 1 heterocycles. The third kappa shape index (κ3) is 6.29. The van der Waals surface area contributed by atoms with Gasteiger partial charge in [-0.1, -0.05) is 55.3 Å². The Hall–Kier alpha value is -1.65. The van der Waals surface area contributed by atoms with E-state index in [4.69, 9.17) is 0 Å². The Bertz CT molecular complexity index is 544. The molecule has 2 fully saturated rings. The summed E-state index contributed by atoms with van der Waals surface area (Å²) in [7, 11) is 0. The molecule has 0 atom stereocenters. The largest absolute Gasteiger partial charge is 0.353 e. The van der Waals surface area contributed by atoms with Crippen LogP contribution < -0.4 is 5.32 Å². The molecule has 3 rings (SSSR count). The Labute approximate surface area is 151 Å². The number of hydrogen-bond acceptors (Lipinski definition) is 3. The molecule has 25 heavy (non-hydrogen) atoms. The number of nitrogens with one attached hydrogen (secondary N) is 1. The van der Waals surface area contributed by atoms with Gasteiger partial charge in [0, 0.05) is 51.7 Å². The van der Waals surface area contributed by atoms with Crippen molar-refractivity contribution in [3.8, 4) is 0 Å². The van der Waals surface area contributed by atoms with Crippen LogP contribution in [-0.4, -0.2) is 61.0 Å². The fourth-order valence-corrected chi connectivity index (χ4v) is 3.73. The highest BCUT2D eigenvalue weighted by atomic mass is 16.1. The van der Waals surface area contributed by atoms with Crippen molar-refractivity contribution < 1.29 is 4.79 Å². The summed E-state index contributed by atoms with van der Waals surface area (Å²) in [6.45, 7) is 6.20. The molecule has 0 bridgehead atoms. The predicted molar refractivity (Wildman–Crippen MR) is 103 cm³/mol. The smallest absolute Gasteiger partial charge is 0.221 e. The minimum Gasteiger partial charge on any atom is -0.353 e. The van der Waals surface area contributed by atoms with Crippen molar-refractivity contribution in [3.63, 3.8) is 0 Å². The van der Waals surface area contributed by atoms with Crippen LogP contribution >= 0.6 is 0 Å². The summed E-state index contributed by atoms with van der Waals surface area (Å²) in [6.07, 6.45) is 9.96. The molecule has 1 amide bonds. The van der Waals surface area contributed by atoms with Gasteiger partial charge in [-0.2, -0.15) is 0 Å². The predicted octanol–water partition coefficient (Wildman–Crippen LogP) is 2.77. The van der Waals surface area contributed by atoms with E-state index in [0.29, 0.717) is 12.5 Å². The summed E-state index contributed by atoms with van der Waals surface area (Å²) in [5, 5.41) is 3.19. The lowest BCUT2D eigenvalue weighted by atomic mass is 10.2. The van der Waals surface area contributed by atoms with Crippen molar-refractivity contribution in [1.29, 1.82) is 0 Å². The zero-order valence-electron chi connectivity index (χ0n) is 15.2. The van der Waals surface area contributed by atoms with E-state index in [0.717, 1.165) is 39.3 Å². The summed E-state index contributed by atoms with van der Waals surface area (Å²) in [5.41, 5.74) is 1.26. The fraction of sp³-hybridized carbons (Fsp3) is 0.571. The fourth-order valence-electron chi connectivity index (χ4n) is 3.73. The maximum absolute atomic E-state index is 12.0. The van der Waals surface area contributed by atoms with Crippen LogP contribution in [0.15, 0.2) is 36.4 Å². The molecule has 4 nitrogen and oxygen atoms in total. The molecular formula is C21H31N3O. The summed E-state index contributed by atoms with van der Waals surface area (Å²) < 4.78 is 0. The van der Waals surface area contributed by atoms with E-state index in [9.17, 15) is 4.79 Å². The standard InChI is InChI=1S/C21H31N3O/c25-21(22-20-10-4-5-11-20)12-14-24-17-15-23(16-18-24)13-6-9-19-7-2-1-3-8-19/h1-3,6-9,20H,4-5,10-18H2,(H,22,25)/b9-6+. The summed E-state index contributed by atoms with van der Waals surface area (Å²) in [6, 6.07) is 10.9. The van der Waals surface area contributed by atoms with Gasteiger partial charge in [0.15, 0.2) is 0 Å². The third-order valence-corrected chi connectivity index (χ3v) is 5.31. The van der Waals surface area contributed by atoms with Gasteiger partial charge in [-0.25, -0.2) is 0 Å². The molecule has 1 saturated heterocycles. The molecule has 0 spiro atoms. The first-order valence-corrected chi connectivity index (χ1v) is 9.75. The van der Waals surface area contributed by atoms with Gasteiger partial charge in [0.1, 0.15) is 0 Å². The molecule has 1 aromatic carbocycles. The highest BCUT2D eigenvalue weighted by Crippen LogP contribution is 2.17. The molecule has 1 saturated carbocycles. The molecular weight excluding hydrogens is 310 g/mol. The first-order chi connectivity index (χ1) is 12.3. The topological polar surface area (TPSA) is 35.6 Å². The third-order valence-electron chi connectivity index (χ3n) is 5.31. The molecule has 1 aliphatic carbocycles. The molecule has 0 aromatic heterocycles. The highest BCUT2D eigenvalue weighted by Gasteiger charge is 2.19. The molecule has 1 aromatic rings. The Morgan fingerprint density at radius 2 is 1.72 bits per heavy atom. The first-order valence-electron chi connectivity index (χ1n) is 9.75. The van der Waals surface area contributed by atoms with E-state index in [1.165, 1.54) is 31.2 Å². The number of carbonyl (C=O) groups is 1. The summed E-state index contributed by atoms with van der Waals surface area (Å²) >= 11 is 0. The van der Waals surface area contributed by atoms with Gasteiger partial charge in [-0.3, -0.25) is 9.69 Å². The van der Waals surface area contributed by atoms with Crippen molar-refractivity contribution in [1.82, 2.24) is 15.1 Å². The van der Waals surface area contributed by atoms with Gasteiger partial charge >= 0.3 is 0 Å². The second-order valence-electron chi connectivity index (χ2n) is 7.25. The van der Waals surface area contributed by atoms with Crippen LogP contribution in [0.5, 0.6) is 0 Å². The van der Waals surface area contributed by atoms with E-state index in [1.54, 1.807) is 0 Å². The van der Waals surface area contributed by atoms with E-state index in [-0.39, 0.29) is 5.91 Å². The lowest BCUT2D eigenvalue weighted by molar-refractivity contribution is -0.122. The number of benzene rings is 1. The first kappa shape index (κ1) is 18.2. The average molecular weight is 341 g/mol. The number of carbonyl (C=O) groups excluding carboxylic acids is 1. The van der Waals surface area contributed by atoms with E-state index in [1.807, 2.05) is 6.07 Å². The van der Waals surface area contributed by atoms with Gasteiger partial charge in [-0.15, -0.1) is 0 Å². The Kier molecular flexibility index (Phi) is 7.07. The van der Waals surface area contributed by atoms with Crippen molar-refractivity contribution in [2.24, 2.45) is 0 Å². The summed E-state index contributed by atoms with van der Waals surface area (Å²) in [5.74, 6) is 0.236. The van der Waals surface area contributed by atoms with Gasteiger partial charge in [0.05, 0.1) is 0 Å². The molecule has 0 radical (unpaired) electrons. The van der Waals surface area contributed by atoms with Crippen LogP contribution in [0, 0.1) is 0 Å². The quantitative estimate of drug-likeness (QED) is 0.828.